The van der Waals surface area contributed by atoms with Gasteiger partial charge in [-0.3, -0.25) is 4.79 Å². The van der Waals surface area contributed by atoms with E-state index in [1.54, 1.807) is 18.2 Å². The Bertz CT molecular complexity index is 425. The van der Waals surface area contributed by atoms with Gasteiger partial charge in [0.25, 0.3) is 5.91 Å². The van der Waals surface area contributed by atoms with E-state index in [4.69, 9.17) is 11.5 Å². The number of hydrogen-bond donors (Lipinski definition) is 3. The Balaban J connectivity index is 3.19. The van der Waals surface area contributed by atoms with Crippen molar-refractivity contribution in [2.45, 2.75) is 0 Å². The van der Waals surface area contributed by atoms with Crippen LogP contribution in [0.15, 0.2) is 29.8 Å². The maximum Gasteiger partial charge on any atom is 0.251 e. The minimum Gasteiger partial charge on any atom is -0.507 e. The number of aromatic hydroxyl groups is 1. The van der Waals surface area contributed by atoms with Crippen molar-refractivity contribution in [2.24, 2.45) is 11.5 Å². The summed E-state index contributed by atoms with van der Waals surface area (Å²) >= 11 is 4.66. The number of carbonyl (C=O) groups is 1. The molecule has 0 bridgehead atoms. The topological polar surface area (TPSA) is 89.3 Å². The Morgan fingerprint density at radius 1 is 1.33 bits per heavy atom. The minimum absolute atomic E-state index is 0.0199. The number of primary amides is 1. The first-order valence-electron chi connectivity index (χ1n) is 4.11. The summed E-state index contributed by atoms with van der Waals surface area (Å²) in [6, 6.07) is 6.49. The lowest BCUT2D eigenvalue weighted by Crippen LogP contribution is -2.24. The fraction of sp³-hybridized carbons (Fsp3) is 0. The molecule has 15 heavy (non-hydrogen) atoms. The van der Waals surface area contributed by atoms with Gasteiger partial charge in [-0.2, -0.15) is 0 Å². The summed E-state index contributed by atoms with van der Waals surface area (Å²) in [5.74, 6) is -0.682. The SMILES string of the molecule is NC(=O)/C(=C\c1ccccc1O)C(N)=S. The zero-order chi connectivity index (χ0) is 11.4. The van der Waals surface area contributed by atoms with E-state index in [-0.39, 0.29) is 16.3 Å². The van der Waals surface area contributed by atoms with Gasteiger partial charge < -0.3 is 16.6 Å². The Morgan fingerprint density at radius 3 is 2.40 bits per heavy atom. The van der Waals surface area contributed by atoms with Crippen molar-refractivity contribution in [2.75, 3.05) is 0 Å². The van der Waals surface area contributed by atoms with Gasteiger partial charge in [0.1, 0.15) is 10.7 Å². The largest absolute Gasteiger partial charge is 0.507 e. The van der Waals surface area contributed by atoms with Crippen LogP contribution in [0.25, 0.3) is 6.08 Å². The molecule has 5 N–H and O–H groups in total. The molecule has 4 nitrogen and oxygen atoms in total. The number of para-hydroxylation sites is 1. The molecule has 0 aliphatic rings. The number of rotatable bonds is 3. The van der Waals surface area contributed by atoms with Crippen molar-refractivity contribution in [3.63, 3.8) is 0 Å². The Hall–Kier alpha value is -1.88. The first kappa shape index (κ1) is 11.2. The minimum atomic E-state index is -0.717. The molecule has 0 saturated heterocycles. The van der Waals surface area contributed by atoms with Crippen LogP contribution in [0.5, 0.6) is 5.75 Å². The highest BCUT2D eigenvalue weighted by molar-refractivity contribution is 7.80. The summed E-state index contributed by atoms with van der Waals surface area (Å²) in [7, 11) is 0. The molecule has 1 rings (SSSR count). The maximum absolute atomic E-state index is 11.0. The number of amides is 1. The molecule has 0 aliphatic carbocycles. The van der Waals surface area contributed by atoms with Crippen molar-refractivity contribution in [3.05, 3.63) is 35.4 Å². The highest BCUT2D eigenvalue weighted by Gasteiger charge is 2.09. The highest BCUT2D eigenvalue weighted by Crippen LogP contribution is 2.18. The summed E-state index contributed by atoms with van der Waals surface area (Å²) in [5.41, 5.74) is 10.9. The highest BCUT2D eigenvalue weighted by atomic mass is 32.1. The van der Waals surface area contributed by atoms with Gasteiger partial charge in [-0.05, 0) is 12.1 Å². The third kappa shape index (κ3) is 2.78. The van der Waals surface area contributed by atoms with Crippen molar-refractivity contribution >= 4 is 29.2 Å². The number of benzene rings is 1. The standard InChI is InChI=1S/C10H10N2O2S/c11-9(14)7(10(12)15)5-6-3-1-2-4-8(6)13/h1-5,13H,(H2,11,14)(H2,12,15)/b7-5+. The molecular formula is C10H10N2O2S. The van der Waals surface area contributed by atoms with E-state index in [1.165, 1.54) is 12.1 Å². The average molecular weight is 222 g/mol. The van der Waals surface area contributed by atoms with Gasteiger partial charge in [0.15, 0.2) is 0 Å². The average Bonchev–Trinajstić information content (AvgIpc) is 2.15. The van der Waals surface area contributed by atoms with E-state index in [2.05, 4.69) is 12.2 Å². The predicted octanol–water partition coefficient (Wildman–Crippen LogP) is 0.547. The molecule has 0 aliphatic heterocycles. The molecular weight excluding hydrogens is 212 g/mol. The van der Waals surface area contributed by atoms with Crippen LogP contribution in [0.3, 0.4) is 0 Å². The van der Waals surface area contributed by atoms with E-state index < -0.39 is 5.91 Å². The first-order valence-corrected chi connectivity index (χ1v) is 4.52. The van der Waals surface area contributed by atoms with E-state index in [0.29, 0.717) is 5.56 Å². The lowest BCUT2D eigenvalue weighted by atomic mass is 10.1. The molecule has 0 unspecified atom stereocenters. The number of phenols is 1. The van der Waals surface area contributed by atoms with Crippen LogP contribution in [0.4, 0.5) is 0 Å². The lowest BCUT2D eigenvalue weighted by molar-refractivity contribution is -0.114. The van der Waals surface area contributed by atoms with Crippen LogP contribution < -0.4 is 11.5 Å². The van der Waals surface area contributed by atoms with Gasteiger partial charge in [-0.25, -0.2) is 0 Å². The van der Waals surface area contributed by atoms with Gasteiger partial charge in [-0.1, -0.05) is 30.4 Å². The van der Waals surface area contributed by atoms with Crippen LogP contribution >= 0.6 is 12.2 Å². The second-order valence-corrected chi connectivity index (χ2v) is 3.29. The third-order valence-corrected chi connectivity index (χ3v) is 1.99. The second-order valence-electron chi connectivity index (χ2n) is 2.85. The number of hydrogen-bond acceptors (Lipinski definition) is 3. The molecule has 0 atom stereocenters. The van der Waals surface area contributed by atoms with Crippen molar-refractivity contribution in [1.82, 2.24) is 0 Å². The van der Waals surface area contributed by atoms with Crippen LogP contribution in [-0.4, -0.2) is 16.0 Å². The molecule has 78 valence electrons. The smallest absolute Gasteiger partial charge is 0.251 e. The fourth-order valence-electron chi connectivity index (χ4n) is 1.03. The number of carbonyl (C=O) groups excluding carboxylic acids is 1. The van der Waals surface area contributed by atoms with Gasteiger partial charge in [0.2, 0.25) is 0 Å². The van der Waals surface area contributed by atoms with Crippen molar-refractivity contribution in [3.8, 4) is 5.75 Å². The molecule has 1 amide bonds. The molecule has 5 heteroatoms. The Morgan fingerprint density at radius 2 is 1.93 bits per heavy atom. The van der Waals surface area contributed by atoms with Gasteiger partial charge in [0, 0.05) is 5.56 Å². The van der Waals surface area contributed by atoms with Crippen LogP contribution in [0.2, 0.25) is 0 Å². The summed E-state index contributed by atoms with van der Waals surface area (Å²) in [6.45, 7) is 0. The quantitative estimate of drug-likeness (QED) is 0.514. The summed E-state index contributed by atoms with van der Waals surface area (Å²) in [4.78, 5) is 10.9. The summed E-state index contributed by atoms with van der Waals surface area (Å²) in [5, 5.41) is 9.44. The maximum atomic E-state index is 11.0. The second kappa shape index (κ2) is 4.56. The molecule has 0 fully saturated rings. The Labute approximate surface area is 92.2 Å². The number of phenolic OH excluding ortho intramolecular Hbond substituents is 1. The normalized spacial score (nSPS) is 11.1. The molecule has 1 aromatic carbocycles. The third-order valence-electron chi connectivity index (χ3n) is 1.77. The molecule has 0 saturated carbocycles. The van der Waals surface area contributed by atoms with Crippen LogP contribution in [0, 0.1) is 0 Å². The fourth-order valence-corrected chi connectivity index (χ4v) is 1.19. The van der Waals surface area contributed by atoms with Gasteiger partial charge in [-0.15, -0.1) is 0 Å². The van der Waals surface area contributed by atoms with Gasteiger partial charge in [0.05, 0.1) is 5.57 Å². The molecule has 0 heterocycles. The first-order chi connectivity index (χ1) is 7.02. The zero-order valence-corrected chi connectivity index (χ0v) is 8.62. The van der Waals surface area contributed by atoms with E-state index >= 15 is 0 Å². The lowest BCUT2D eigenvalue weighted by Gasteiger charge is -2.02. The van der Waals surface area contributed by atoms with Crippen molar-refractivity contribution in [1.29, 1.82) is 0 Å². The molecule has 0 radical (unpaired) electrons. The summed E-state index contributed by atoms with van der Waals surface area (Å²) in [6.07, 6.45) is 1.36. The molecule has 0 aromatic heterocycles. The van der Waals surface area contributed by atoms with E-state index in [1.807, 2.05) is 0 Å². The summed E-state index contributed by atoms with van der Waals surface area (Å²) < 4.78 is 0. The van der Waals surface area contributed by atoms with Crippen LogP contribution in [0.1, 0.15) is 5.56 Å². The Kier molecular flexibility index (Phi) is 3.41. The van der Waals surface area contributed by atoms with E-state index in [9.17, 15) is 9.90 Å². The number of thiocarbonyl (C=S) groups is 1. The monoisotopic (exact) mass is 222 g/mol. The predicted molar refractivity (Wildman–Crippen MR) is 62.1 cm³/mol. The van der Waals surface area contributed by atoms with Crippen molar-refractivity contribution < 1.29 is 9.90 Å². The van der Waals surface area contributed by atoms with Gasteiger partial charge >= 0.3 is 0 Å². The zero-order valence-electron chi connectivity index (χ0n) is 7.81. The molecule has 0 spiro atoms. The molecule has 1 aromatic rings. The number of nitrogens with two attached hydrogens (primary N) is 2. The van der Waals surface area contributed by atoms with E-state index in [0.717, 1.165) is 0 Å². The van der Waals surface area contributed by atoms with Crippen LogP contribution in [-0.2, 0) is 4.79 Å².